The Morgan fingerprint density at radius 2 is 2.32 bits per heavy atom. The number of carbonyl (C=O) groups is 1. The normalized spacial score (nSPS) is 18.6. The summed E-state index contributed by atoms with van der Waals surface area (Å²) in [6.45, 7) is 1.12. The maximum absolute atomic E-state index is 11.0. The van der Waals surface area contributed by atoms with E-state index in [1.54, 1.807) is 6.07 Å². The molecule has 1 aliphatic heterocycles. The molecule has 1 aliphatic rings. The van der Waals surface area contributed by atoms with E-state index in [9.17, 15) is 14.9 Å². The summed E-state index contributed by atoms with van der Waals surface area (Å²) in [5, 5.41) is 20.2. The van der Waals surface area contributed by atoms with Crippen molar-refractivity contribution in [1.29, 1.82) is 0 Å². The number of aliphatic carboxylic acids is 1. The van der Waals surface area contributed by atoms with E-state index in [2.05, 4.69) is 0 Å². The Labute approximate surface area is 114 Å². The molecule has 0 spiro atoms. The first kappa shape index (κ1) is 13.6. The van der Waals surface area contributed by atoms with Crippen LogP contribution in [0, 0.1) is 16.0 Å². The molecule has 2 rings (SSSR count). The van der Waals surface area contributed by atoms with Crippen LogP contribution in [0.2, 0.25) is 5.02 Å². The van der Waals surface area contributed by atoms with Crippen molar-refractivity contribution in [2.24, 2.45) is 5.92 Å². The minimum atomic E-state index is -0.840. The van der Waals surface area contributed by atoms with Crippen molar-refractivity contribution >= 4 is 28.9 Å². The molecule has 1 saturated heterocycles. The molecule has 0 saturated carbocycles. The third-order valence-corrected chi connectivity index (χ3v) is 3.46. The number of halogens is 1. The first-order valence-electron chi connectivity index (χ1n) is 5.88. The molecule has 7 heteroatoms. The standard InChI is InChI=1S/C12H13ClN2O4/c13-9-1-2-10(15(18)19)11(6-9)14-4-3-8(7-14)5-12(16)17/h1-2,6,8H,3-5,7H2,(H,16,17). The van der Waals surface area contributed by atoms with E-state index in [1.807, 2.05) is 4.90 Å². The largest absolute Gasteiger partial charge is 0.481 e. The van der Waals surface area contributed by atoms with Crippen LogP contribution in [-0.2, 0) is 4.79 Å². The van der Waals surface area contributed by atoms with E-state index in [4.69, 9.17) is 16.7 Å². The van der Waals surface area contributed by atoms with Gasteiger partial charge < -0.3 is 10.0 Å². The number of nitro benzene ring substituents is 1. The van der Waals surface area contributed by atoms with Crippen LogP contribution in [0.4, 0.5) is 11.4 Å². The lowest BCUT2D eigenvalue weighted by atomic mass is 10.1. The van der Waals surface area contributed by atoms with Crippen molar-refractivity contribution in [3.8, 4) is 0 Å². The number of nitrogens with zero attached hydrogens (tertiary/aromatic N) is 2. The molecule has 0 bridgehead atoms. The highest BCUT2D eigenvalue weighted by Crippen LogP contribution is 2.34. The second-order valence-corrected chi connectivity index (χ2v) is 5.03. The summed E-state index contributed by atoms with van der Waals surface area (Å²) in [7, 11) is 0. The summed E-state index contributed by atoms with van der Waals surface area (Å²) in [4.78, 5) is 23.1. The van der Waals surface area contributed by atoms with Gasteiger partial charge in [0, 0.05) is 30.6 Å². The smallest absolute Gasteiger partial charge is 0.303 e. The topological polar surface area (TPSA) is 83.7 Å². The highest BCUT2D eigenvalue weighted by Gasteiger charge is 2.28. The fourth-order valence-corrected chi connectivity index (χ4v) is 2.54. The number of nitro groups is 1. The van der Waals surface area contributed by atoms with Crippen LogP contribution >= 0.6 is 11.6 Å². The summed E-state index contributed by atoms with van der Waals surface area (Å²) < 4.78 is 0. The molecule has 0 aliphatic carbocycles. The molecule has 1 atom stereocenters. The second kappa shape index (κ2) is 5.44. The van der Waals surface area contributed by atoms with Gasteiger partial charge in [-0.25, -0.2) is 0 Å². The number of hydrogen-bond acceptors (Lipinski definition) is 4. The van der Waals surface area contributed by atoms with Crippen LogP contribution in [0.15, 0.2) is 18.2 Å². The Bertz CT molecular complexity index is 520. The minimum absolute atomic E-state index is 0.000347. The van der Waals surface area contributed by atoms with Crippen LogP contribution in [-0.4, -0.2) is 29.1 Å². The van der Waals surface area contributed by atoms with Crippen molar-refractivity contribution in [3.63, 3.8) is 0 Å². The average molecular weight is 285 g/mol. The number of hydrogen-bond donors (Lipinski definition) is 1. The second-order valence-electron chi connectivity index (χ2n) is 4.59. The van der Waals surface area contributed by atoms with Crippen molar-refractivity contribution in [1.82, 2.24) is 0 Å². The molecule has 1 fully saturated rings. The van der Waals surface area contributed by atoms with Crippen molar-refractivity contribution < 1.29 is 14.8 Å². The fraction of sp³-hybridized carbons (Fsp3) is 0.417. The van der Waals surface area contributed by atoms with Crippen LogP contribution in [0.5, 0.6) is 0 Å². The minimum Gasteiger partial charge on any atom is -0.481 e. The third kappa shape index (κ3) is 3.14. The van der Waals surface area contributed by atoms with Gasteiger partial charge in [-0.3, -0.25) is 14.9 Å². The SMILES string of the molecule is O=C(O)CC1CCN(c2cc(Cl)ccc2[N+](=O)[O-])C1. The molecule has 1 heterocycles. The Morgan fingerprint density at radius 3 is 2.95 bits per heavy atom. The highest BCUT2D eigenvalue weighted by molar-refractivity contribution is 6.31. The lowest BCUT2D eigenvalue weighted by Crippen LogP contribution is -2.21. The monoisotopic (exact) mass is 284 g/mol. The third-order valence-electron chi connectivity index (χ3n) is 3.22. The van der Waals surface area contributed by atoms with Gasteiger partial charge in [-0.2, -0.15) is 0 Å². The van der Waals surface area contributed by atoms with E-state index < -0.39 is 10.9 Å². The highest BCUT2D eigenvalue weighted by atomic mass is 35.5. The summed E-state index contributed by atoms with van der Waals surface area (Å²) in [5.41, 5.74) is 0.464. The van der Waals surface area contributed by atoms with Gasteiger partial charge in [0.2, 0.25) is 0 Å². The van der Waals surface area contributed by atoms with Crippen LogP contribution in [0.1, 0.15) is 12.8 Å². The van der Waals surface area contributed by atoms with E-state index in [-0.39, 0.29) is 18.0 Å². The number of anilines is 1. The first-order chi connectivity index (χ1) is 8.97. The molecule has 1 N–H and O–H groups in total. The van der Waals surface area contributed by atoms with Gasteiger partial charge in [0.15, 0.2) is 0 Å². The lowest BCUT2D eigenvalue weighted by Gasteiger charge is -2.18. The van der Waals surface area contributed by atoms with Gasteiger partial charge in [0.05, 0.1) is 4.92 Å². The first-order valence-corrected chi connectivity index (χ1v) is 6.26. The Balaban J connectivity index is 2.21. The molecular formula is C12H13ClN2O4. The maximum Gasteiger partial charge on any atom is 0.303 e. The molecule has 0 aromatic heterocycles. The van der Waals surface area contributed by atoms with Gasteiger partial charge in [0.1, 0.15) is 5.69 Å². The van der Waals surface area contributed by atoms with E-state index in [1.165, 1.54) is 12.1 Å². The Morgan fingerprint density at radius 1 is 1.58 bits per heavy atom. The Kier molecular flexibility index (Phi) is 3.90. The summed E-state index contributed by atoms with van der Waals surface area (Å²) in [5.74, 6) is -0.816. The molecule has 1 aromatic rings. The molecule has 1 aromatic carbocycles. The van der Waals surface area contributed by atoms with Crippen molar-refractivity contribution in [2.45, 2.75) is 12.8 Å². The number of carboxylic acids is 1. The fourth-order valence-electron chi connectivity index (χ4n) is 2.37. The molecule has 1 unspecified atom stereocenters. The van der Waals surface area contributed by atoms with Gasteiger partial charge in [0.25, 0.3) is 5.69 Å². The van der Waals surface area contributed by atoms with E-state index in [0.717, 1.165) is 6.42 Å². The quantitative estimate of drug-likeness (QED) is 0.678. The van der Waals surface area contributed by atoms with Crippen molar-refractivity contribution in [3.05, 3.63) is 33.3 Å². The van der Waals surface area contributed by atoms with Crippen LogP contribution in [0.25, 0.3) is 0 Å². The molecule has 0 radical (unpaired) electrons. The molecule has 6 nitrogen and oxygen atoms in total. The summed E-state index contributed by atoms with van der Waals surface area (Å²) >= 11 is 5.88. The van der Waals surface area contributed by atoms with Gasteiger partial charge >= 0.3 is 5.97 Å². The van der Waals surface area contributed by atoms with Gasteiger partial charge in [-0.05, 0) is 24.5 Å². The summed E-state index contributed by atoms with van der Waals surface area (Å²) in [6, 6.07) is 4.42. The number of carboxylic acid groups (broad SMARTS) is 1. The van der Waals surface area contributed by atoms with E-state index in [0.29, 0.717) is 23.8 Å². The molecule has 102 valence electrons. The van der Waals surface area contributed by atoms with Gasteiger partial charge in [-0.15, -0.1) is 0 Å². The average Bonchev–Trinajstić information content (AvgIpc) is 2.75. The number of rotatable bonds is 4. The zero-order valence-corrected chi connectivity index (χ0v) is 10.8. The van der Waals surface area contributed by atoms with Gasteiger partial charge in [-0.1, -0.05) is 11.6 Å². The van der Waals surface area contributed by atoms with Crippen LogP contribution in [0.3, 0.4) is 0 Å². The molecular weight excluding hydrogens is 272 g/mol. The molecule has 0 amide bonds. The molecule has 19 heavy (non-hydrogen) atoms. The zero-order valence-electron chi connectivity index (χ0n) is 10.1. The summed E-state index contributed by atoms with van der Waals surface area (Å²) in [6.07, 6.45) is 0.806. The number of benzene rings is 1. The predicted octanol–water partition coefficient (Wildman–Crippen LogP) is 2.55. The van der Waals surface area contributed by atoms with Crippen LogP contribution < -0.4 is 4.90 Å². The Hall–Kier alpha value is -1.82. The maximum atomic E-state index is 11.0. The lowest BCUT2D eigenvalue weighted by molar-refractivity contribution is -0.384. The predicted molar refractivity (Wildman–Crippen MR) is 70.7 cm³/mol. The zero-order chi connectivity index (χ0) is 14.0. The van der Waals surface area contributed by atoms with Crippen molar-refractivity contribution in [2.75, 3.05) is 18.0 Å². The van der Waals surface area contributed by atoms with E-state index >= 15 is 0 Å².